The first-order chi connectivity index (χ1) is 15.3. The van der Waals surface area contributed by atoms with Crippen LogP contribution < -0.4 is 5.32 Å². The summed E-state index contributed by atoms with van der Waals surface area (Å²) < 4.78 is 40.8. The molecule has 9 heteroatoms. The van der Waals surface area contributed by atoms with Gasteiger partial charge < -0.3 is 9.88 Å². The number of hydrogen-bond donors (Lipinski definition) is 1. The molecule has 1 aromatic carbocycles. The van der Waals surface area contributed by atoms with Crippen LogP contribution in [-0.4, -0.2) is 51.8 Å². The van der Waals surface area contributed by atoms with Crippen molar-refractivity contribution in [2.24, 2.45) is 5.41 Å². The van der Waals surface area contributed by atoms with Crippen LogP contribution in [0.2, 0.25) is 5.15 Å². The summed E-state index contributed by atoms with van der Waals surface area (Å²) in [6, 6.07) is 5.64. The van der Waals surface area contributed by atoms with E-state index in [9.17, 15) is 13.2 Å². The third-order valence-corrected chi connectivity index (χ3v) is 6.75. The highest BCUT2D eigenvalue weighted by Gasteiger charge is 2.37. The number of halogens is 4. The molecular formula is C23H29ClF3N5. The second kappa shape index (κ2) is 9.15. The van der Waals surface area contributed by atoms with Gasteiger partial charge in [0.05, 0.1) is 5.52 Å². The lowest BCUT2D eigenvalue weighted by atomic mass is 9.79. The van der Waals surface area contributed by atoms with Gasteiger partial charge in [0.2, 0.25) is 0 Å². The van der Waals surface area contributed by atoms with Crippen molar-refractivity contribution in [1.29, 1.82) is 0 Å². The van der Waals surface area contributed by atoms with Crippen molar-refractivity contribution >= 4 is 33.5 Å². The zero-order valence-corrected chi connectivity index (χ0v) is 19.2. The minimum absolute atomic E-state index is 0.0358. The highest BCUT2D eigenvalue weighted by Crippen LogP contribution is 2.37. The normalized spacial score (nSPS) is 21.9. The average molecular weight is 468 g/mol. The highest BCUT2D eigenvalue weighted by atomic mass is 35.5. The molecule has 0 aliphatic carbocycles. The van der Waals surface area contributed by atoms with E-state index >= 15 is 0 Å². The molecule has 0 saturated carbocycles. The minimum Gasteiger partial charge on any atom is -0.327 e. The topological polar surface area (TPSA) is 46.0 Å². The molecule has 32 heavy (non-hydrogen) atoms. The number of piperidine rings is 1. The van der Waals surface area contributed by atoms with Gasteiger partial charge in [-0.15, -0.1) is 0 Å². The maximum Gasteiger partial charge on any atom is 0.406 e. The molecule has 4 heterocycles. The van der Waals surface area contributed by atoms with Crippen LogP contribution in [0, 0.1) is 5.41 Å². The molecule has 1 unspecified atom stereocenters. The lowest BCUT2D eigenvalue weighted by Gasteiger charge is -2.40. The summed E-state index contributed by atoms with van der Waals surface area (Å²) in [4.78, 5) is 10.6. The molecule has 3 aromatic rings. The molecule has 1 spiro atoms. The molecule has 0 amide bonds. The van der Waals surface area contributed by atoms with Gasteiger partial charge in [-0.3, -0.25) is 4.90 Å². The summed E-state index contributed by atoms with van der Waals surface area (Å²) in [6.45, 7) is 7.91. The Morgan fingerprint density at radius 1 is 1.19 bits per heavy atom. The SMILES string of the molecule is CC.FC(F)(F)Cn1c2ccc(CN3CCCC4(CCNC4)C3)cc2c2ncnc(Cl)c21. The number of alkyl halides is 3. The summed E-state index contributed by atoms with van der Waals surface area (Å²) in [5, 5.41) is 4.21. The number of nitrogens with zero attached hydrogens (tertiary/aromatic N) is 4. The summed E-state index contributed by atoms with van der Waals surface area (Å²) in [7, 11) is 0. The molecule has 1 atom stereocenters. The lowest BCUT2D eigenvalue weighted by Crippen LogP contribution is -2.43. The van der Waals surface area contributed by atoms with E-state index in [1.165, 1.54) is 30.2 Å². The quantitative estimate of drug-likeness (QED) is 0.524. The molecule has 2 aliphatic rings. The maximum absolute atomic E-state index is 13.2. The predicted molar refractivity (Wildman–Crippen MR) is 122 cm³/mol. The maximum atomic E-state index is 13.2. The standard InChI is InChI=1S/C21H23ClF3N5.C2H6/c22-19-18-17(27-13-28-19)15-8-14(2-3-16(15)30(18)12-21(23,24)25)9-29-7-1-4-20(11-29)5-6-26-10-20;1-2/h2-3,8,13,26H,1,4-7,9-12H2;1-2H3. The molecule has 0 bridgehead atoms. The van der Waals surface area contributed by atoms with Gasteiger partial charge in [-0.1, -0.05) is 31.5 Å². The Balaban J connectivity index is 0.00000119. The van der Waals surface area contributed by atoms with Crippen LogP contribution >= 0.6 is 11.6 Å². The Kier molecular flexibility index (Phi) is 6.66. The molecule has 0 radical (unpaired) electrons. The lowest BCUT2D eigenvalue weighted by molar-refractivity contribution is -0.139. The Bertz CT molecular complexity index is 1090. The molecular weight excluding hydrogens is 439 g/mol. The number of likely N-dealkylation sites (tertiary alicyclic amines) is 1. The molecule has 2 fully saturated rings. The first kappa shape index (κ1) is 23.3. The van der Waals surface area contributed by atoms with E-state index in [1.807, 2.05) is 26.0 Å². The Morgan fingerprint density at radius 3 is 2.72 bits per heavy atom. The fourth-order valence-corrected chi connectivity index (χ4v) is 5.45. The van der Waals surface area contributed by atoms with Gasteiger partial charge in [-0.25, -0.2) is 9.97 Å². The van der Waals surface area contributed by atoms with Gasteiger partial charge in [0.15, 0.2) is 5.15 Å². The van der Waals surface area contributed by atoms with Crippen molar-refractivity contribution in [2.45, 2.75) is 52.4 Å². The van der Waals surface area contributed by atoms with Crippen molar-refractivity contribution in [3.05, 3.63) is 35.2 Å². The fraction of sp³-hybridized carbons (Fsp3) is 0.565. The first-order valence-electron chi connectivity index (χ1n) is 11.2. The van der Waals surface area contributed by atoms with E-state index in [2.05, 4.69) is 20.2 Å². The van der Waals surface area contributed by atoms with Crippen molar-refractivity contribution in [2.75, 3.05) is 26.2 Å². The number of aromatic nitrogens is 3. The third-order valence-electron chi connectivity index (χ3n) is 6.47. The number of nitrogens with one attached hydrogen (secondary N) is 1. The zero-order valence-electron chi connectivity index (χ0n) is 18.5. The number of rotatable bonds is 3. The van der Waals surface area contributed by atoms with E-state index in [-0.39, 0.29) is 10.7 Å². The molecule has 1 N–H and O–H groups in total. The Hall–Kier alpha value is -1.90. The van der Waals surface area contributed by atoms with Crippen LogP contribution in [0.1, 0.15) is 38.7 Å². The van der Waals surface area contributed by atoms with Crippen LogP contribution in [-0.2, 0) is 13.1 Å². The van der Waals surface area contributed by atoms with E-state index in [4.69, 9.17) is 11.6 Å². The van der Waals surface area contributed by atoms with Crippen LogP contribution in [0.4, 0.5) is 13.2 Å². The number of hydrogen-bond acceptors (Lipinski definition) is 4. The largest absolute Gasteiger partial charge is 0.406 e. The monoisotopic (exact) mass is 467 g/mol. The molecule has 2 aliphatic heterocycles. The smallest absolute Gasteiger partial charge is 0.327 e. The summed E-state index contributed by atoms with van der Waals surface area (Å²) in [5.74, 6) is 0. The Morgan fingerprint density at radius 2 is 2.00 bits per heavy atom. The van der Waals surface area contributed by atoms with Crippen molar-refractivity contribution in [3.8, 4) is 0 Å². The predicted octanol–water partition coefficient (Wildman–Crippen LogP) is 5.40. The van der Waals surface area contributed by atoms with Gasteiger partial charge >= 0.3 is 6.18 Å². The second-order valence-corrected chi connectivity index (χ2v) is 9.01. The molecule has 5 rings (SSSR count). The molecule has 174 valence electrons. The van der Waals surface area contributed by atoms with E-state index < -0.39 is 12.7 Å². The number of benzene rings is 1. The zero-order chi connectivity index (χ0) is 22.9. The first-order valence-corrected chi connectivity index (χ1v) is 11.6. The minimum atomic E-state index is -4.37. The van der Waals surface area contributed by atoms with E-state index in [0.717, 1.165) is 38.3 Å². The van der Waals surface area contributed by atoms with Crippen molar-refractivity contribution < 1.29 is 13.2 Å². The molecule has 2 aromatic heterocycles. The van der Waals surface area contributed by atoms with Crippen LogP contribution in [0.3, 0.4) is 0 Å². The van der Waals surface area contributed by atoms with E-state index in [0.29, 0.717) is 21.8 Å². The molecule has 5 nitrogen and oxygen atoms in total. The second-order valence-electron chi connectivity index (χ2n) is 8.66. The van der Waals surface area contributed by atoms with Crippen LogP contribution in [0.25, 0.3) is 21.9 Å². The van der Waals surface area contributed by atoms with Crippen LogP contribution in [0.5, 0.6) is 0 Å². The highest BCUT2D eigenvalue weighted by molar-refractivity contribution is 6.34. The van der Waals surface area contributed by atoms with Gasteiger partial charge in [-0.2, -0.15) is 13.2 Å². The summed E-state index contributed by atoms with van der Waals surface area (Å²) in [5.41, 5.74) is 2.62. The van der Waals surface area contributed by atoms with Crippen molar-refractivity contribution in [3.63, 3.8) is 0 Å². The van der Waals surface area contributed by atoms with Crippen molar-refractivity contribution in [1.82, 2.24) is 24.8 Å². The van der Waals surface area contributed by atoms with E-state index in [1.54, 1.807) is 6.07 Å². The summed E-state index contributed by atoms with van der Waals surface area (Å²) >= 11 is 6.17. The third kappa shape index (κ3) is 4.58. The number of fused-ring (bicyclic) bond motifs is 3. The fourth-order valence-electron chi connectivity index (χ4n) is 5.21. The van der Waals surface area contributed by atoms with Gasteiger partial charge in [0, 0.05) is 25.0 Å². The van der Waals surface area contributed by atoms with Crippen LogP contribution in [0.15, 0.2) is 24.5 Å². The average Bonchev–Trinajstić information content (AvgIpc) is 3.32. The molecule has 2 saturated heterocycles. The Labute approximate surface area is 191 Å². The van der Waals surface area contributed by atoms with Gasteiger partial charge in [0.1, 0.15) is 23.9 Å². The van der Waals surface area contributed by atoms with Gasteiger partial charge in [0.25, 0.3) is 0 Å². The summed E-state index contributed by atoms with van der Waals surface area (Å²) in [6.07, 6.45) is 0.584. The van der Waals surface area contributed by atoms with Gasteiger partial charge in [-0.05, 0) is 55.5 Å².